The van der Waals surface area contributed by atoms with E-state index in [0.29, 0.717) is 29.3 Å². The summed E-state index contributed by atoms with van der Waals surface area (Å²) in [5.74, 6) is 0.332. The Hall–Kier alpha value is -3.52. The molecule has 0 spiro atoms. The number of rotatable bonds is 7. The van der Waals surface area contributed by atoms with Crippen LogP contribution in [0.5, 0.6) is 5.75 Å². The minimum atomic E-state index is -0.634. The van der Waals surface area contributed by atoms with Gasteiger partial charge in [0.1, 0.15) is 12.2 Å². The molecule has 1 saturated heterocycles. The van der Waals surface area contributed by atoms with Crippen molar-refractivity contribution >= 4 is 34.3 Å². The van der Waals surface area contributed by atoms with Crippen LogP contribution in [0.2, 0.25) is 0 Å². The summed E-state index contributed by atoms with van der Waals surface area (Å²) >= 11 is 0. The molecular formula is C26H31N3O5. The number of amides is 2. The summed E-state index contributed by atoms with van der Waals surface area (Å²) in [5, 5.41) is 6.26. The van der Waals surface area contributed by atoms with Crippen molar-refractivity contribution in [3.8, 4) is 5.75 Å². The van der Waals surface area contributed by atoms with Crippen molar-refractivity contribution in [3.05, 3.63) is 54.3 Å². The summed E-state index contributed by atoms with van der Waals surface area (Å²) in [6.07, 6.45) is 1.87. The molecule has 0 radical (unpaired) electrons. The fourth-order valence-electron chi connectivity index (χ4n) is 3.85. The van der Waals surface area contributed by atoms with Crippen molar-refractivity contribution < 1.29 is 23.5 Å². The van der Waals surface area contributed by atoms with E-state index >= 15 is 0 Å². The maximum Gasteiger partial charge on any atom is 0.412 e. The van der Waals surface area contributed by atoms with E-state index in [1.165, 1.54) is 12.8 Å². The number of benzene rings is 2. The summed E-state index contributed by atoms with van der Waals surface area (Å²) < 4.78 is 17.2. The van der Waals surface area contributed by atoms with E-state index in [1.54, 1.807) is 51.1 Å². The highest BCUT2D eigenvalue weighted by Crippen LogP contribution is 2.30. The Labute approximate surface area is 199 Å². The van der Waals surface area contributed by atoms with E-state index in [2.05, 4.69) is 15.5 Å². The normalized spacial score (nSPS) is 14.2. The lowest BCUT2D eigenvalue weighted by Gasteiger charge is -2.20. The number of likely N-dealkylation sites (tertiary alicyclic amines) is 1. The largest absolute Gasteiger partial charge is 0.488 e. The predicted octanol–water partition coefficient (Wildman–Crippen LogP) is 5.51. The summed E-state index contributed by atoms with van der Waals surface area (Å²) in [6, 6.07) is 14.2. The maximum absolute atomic E-state index is 13.0. The molecule has 0 aliphatic carbocycles. The number of hydrogen-bond acceptors (Lipinski definition) is 6. The van der Waals surface area contributed by atoms with Crippen LogP contribution in [0.25, 0.3) is 11.0 Å². The Morgan fingerprint density at radius 2 is 1.71 bits per heavy atom. The number of para-hydroxylation sites is 3. The molecule has 1 fully saturated rings. The molecule has 0 saturated carbocycles. The highest BCUT2D eigenvalue weighted by atomic mass is 16.6. The molecule has 2 heterocycles. The topological polar surface area (TPSA) is 93.0 Å². The highest BCUT2D eigenvalue weighted by molar-refractivity contribution is 6.07. The molecule has 2 amide bonds. The van der Waals surface area contributed by atoms with Crippen LogP contribution in [0.15, 0.2) is 52.9 Å². The second kappa shape index (κ2) is 10.2. The van der Waals surface area contributed by atoms with Crippen molar-refractivity contribution in [1.29, 1.82) is 0 Å². The Morgan fingerprint density at radius 1 is 1.00 bits per heavy atom. The van der Waals surface area contributed by atoms with E-state index in [9.17, 15) is 9.59 Å². The summed E-state index contributed by atoms with van der Waals surface area (Å²) in [4.78, 5) is 27.5. The van der Waals surface area contributed by atoms with E-state index < -0.39 is 17.6 Å². The van der Waals surface area contributed by atoms with Crippen LogP contribution < -0.4 is 15.4 Å². The zero-order valence-electron chi connectivity index (χ0n) is 19.8. The van der Waals surface area contributed by atoms with Gasteiger partial charge in [0.05, 0.1) is 11.4 Å². The Kier molecular flexibility index (Phi) is 7.07. The zero-order chi connectivity index (χ0) is 24.1. The van der Waals surface area contributed by atoms with Gasteiger partial charge in [-0.3, -0.25) is 15.0 Å². The first kappa shape index (κ1) is 23.6. The second-order valence-electron chi connectivity index (χ2n) is 9.31. The SMILES string of the molecule is CC(C)(C)OC(=O)Nc1ccccc1NC(=O)c1cc2cccc(OCCN3CCCC3)c2o1. The van der Waals surface area contributed by atoms with Crippen molar-refractivity contribution in [2.45, 2.75) is 39.2 Å². The minimum Gasteiger partial charge on any atom is -0.488 e. The molecule has 0 atom stereocenters. The molecule has 2 N–H and O–H groups in total. The van der Waals surface area contributed by atoms with Crippen LogP contribution in [0, 0.1) is 0 Å². The van der Waals surface area contributed by atoms with Gasteiger partial charge < -0.3 is 19.2 Å². The number of carbonyl (C=O) groups excluding carboxylic acids is 2. The van der Waals surface area contributed by atoms with E-state index in [4.69, 9.17) is 13.9 Å². The lowest BCUT2D eigenvalue weighted by atomic mass is 10.2. The molecule has 2 aromatic carbocycles. The number of nitrogens with one attached hydrogen (secondary N) is 2. The Bertz CT molecular complexity index is 1160. The average molecular weight is 466 g/mol. The number of fused-ring (bicyclic) bond motifs is 1. The molecule has 8 heteroatoms. The molecule has 0 bridgehead atoms. The molecule has 1 aliphatic heterocycles. The second-order valence-corrected chi connectivity index (χ2v) is 9.31. The van der Waals surface area contributed by atoms with Crippen molar-refractivity contribution in [1.82, 2.24) is 4.90 Å². The number of anilines is 2. The van der Waals surface area contributed by atoms with Gasteiger partial charge in [0.25, 0.3) is 5.91 Å². The van der Waals surface area contributed by atoms with Gasteiger partial charge in [-0.15, -0.1) is 0 Å². The van der Waals surface area contributed by atoms with Gasteiger partial charge in [0, 0.05) is 11.9 Å². The molecular weight excluding hydrogens is 434 g/mol. The van der Waals surface area contributed by atoms with Gasteiger partial charge in [0.15, 0.2) is 17.1 Å². The first-order valence-electron chi connectivity index (χ1n) is 11.6. The predicted molar refractivity (Wildman–Crippen MR) is 132 cm³/mol. The molecule has 8 nitrogen and oxygen atoms in total. The van der Waals surface area contributed by atoms with Crippen LogP contribution in [0.3, 0.4) is 0 Å². The smallest absolute Gasteiger partial charge is 0.412 e. The highest BCUT2D eigenvalue weighted by Gasteiger charge is 2.20. The number of furan rings is 1. The van der Waals surface area contributed by atoms with Crippen LogP contribution in [-0.2, 0) is 4.74 Å². The van der Waals surface area contributed by atoms with Gasteiger partial charge in [-0.2, -0.15) is 0 Å². The van der Waals surface area contributed by atoms with Gasteiger partial charge >= 0.3 is 6.09 Å². The van der Waals surface area contributed by atoms with Crippen LogP contribution >= 0.6 is 0 Å². The molecule has 34 heavy (non-hydrogen) atoms. The third kappa shape index (κ3) is 6.08. The zero-order valence-corrected chi connectivity index (χ0v) is 19.8. The monoisotopic (exact) mass is 465 g/mol. The lowest BCUT2D eigenvalue weighted by molar-refractivity contribution is 0.0635. The summed E-state index contributed by atoms with van der Waals surface area (Å²) in [5.41, 5.74) is 0.757. The van der Waals surface area contributed by atoms with Gasteiger partial charge in [0.2, 0.25) is 0 Å². The number of ether oxygens (including phenoxy) is 2. The van der Waals surface area contributed by atoms with Crippen LogP contribution in [0.1, 0.15) is 44.2 Å². The van der Waals surface area contributed by atoms with E-state index in [-0.39, 0.29) is 5.76 Å². The first-order valence-corrected chi connectivity index (χ1v) is 11.6. The van der Waals surface area contributed by atoms with E-state index in [0.717, 1.165) is 25.0 Å². The van der Waals surface area contributed by atoms with Gasteiger partial charge in [-0.1, -0.05) is 24.3 Å². The standard InChI is InChI=1S/C26H31N3O5/c1-26(2,3)34-25(31)28-20-11-5-4-10-19(20)27-24(30)22-17-18-9-8-12-21(23(18)33-22)32-16-15-29-13-6-7-14-29/h4-5,8-12,17H,6-7,13-16H2,1-3H3,(H,27,30)(H,28,31). The van der Waals surface area contributed by atoms with Gasteiger partial charge in [-0.25, -0.2) is 4.79 Å². The quantitative estimate of drug-likeness (QED) is 0.478. The van der Waals surface area contributed by atoms with Crippen molar-refractivity contribution in [2.24, 2.45) is 0 Å². The lowest BCUT2D eigenvalue weighted by Crippen LogP contribution is -2.27. The van der Waals surface area contributed by atoms with Crippen LogP contribution in [0.4, 0.5) is 16.2 Å². The molecule has 4 rings (SSSR count). The van der Waals surface area contributed by atoms with Gasteiger partial charge in [-0.05, 0) is 71.0 Å². The van der Waals surface area contributed by atoms with Crippen molar-refractivity contribution in [3.63, 3.8) is 0 Å². The minimum absolute atomic E-state index is 0.151. The van der Waals surface area contributed by atoms with E-state index in [1.807, 2.05) is 18.2 Å². The molecule has 180 valence electrons. The fourth-order valence-corrected chi connectivity index (χ4v) is 3.85. The number of carbonyl (C=O) groups is 2. The average Bonchev–Trinajstić information content (AvgIpc) is 3.44. The third-order valence-corrected chi connectivity index (χ3v) is 5.41. The van der Waals surface area contributed by atoms with Crippen molar-refractivity contribution in [2.75, 3.05) is 36.9 Å². The number of hydrogen-bond donors (Lipinski definition) is 2. The molecule has 1 aliphatic rings. The number of nitrogens with zero attached hydrogens (tertiary/aromatic N) is 1. The summed E-state index contributed by atoms with van der Waals surface area (Å²) in [6.45, 7) is 9.01. The Balaban J connectivity index is 1.45. The molecule has 0 unspecified atom stereocenters. The molecule has 1 aromatic heterocycles. The maximum atomic E-state index is 13.0. The first-order chi connectivity index (χ1) is 16.3. The molecule has 3 aromatic rings. The summed E-state index contributed by atoms with van der Waals surface area (Å²) in [7, 11) is 0. The third-order valence-electron chi connectivity index (χ3n) is 5.41. The van der Waals surface area contributed by atoms with Crippen LogP contribution in [-0.4, -0.2) is 48.7 Å². The Morgan fingerprint density at radius 3 is 2.41 bits per heavy atom. The fraction of sp³-hybridized carbons (Fsp3) is 0.385.